The third kappa shape index (κ3) is 2.95. The number of aryl methyl sites for hydroxylation is 1. The molecule has 1 aromatic rings. The van der Waals surface area contributed by atoms with Gasteiger partial charge in [0.05, 0.1) is 0 Å². The minimum Gasteiger partial charge on any atom is -0.314 e. The fraction of sp³-hybridized carbons (Fsp3) is 0.600. The molecule has 1 heterocycles. The molecule has 0 spiro atoms. The molecule has 12 heavy (non-hydrogen) atoms. The number of hydrogen-bond donors (Lipinski definition) is 1. The molecule has 1 N–H and O–H groups in total. The van der Waals surface area contributed by atoms with E-state index in [1.54, 1.807) is 0 Å². The molecule has 0 radical (unpaired) electrons. The van der Waals surface area contributed by atoms with Crippen LogP contribution in [0.3, 0.4) is 0 Å². The molecule has 0 saturated heterocycles. The highest BCUT2D eigenvalue weighted by Crippen LogP contribution is 2.14. The number of nitrogens with one attached hydrogen (secondary N) is 1. The van der Waals surface area contributed by atoms with E-state index in [1.165, 1.54) is 10.4 Å². The predicted octanol–water partition coefficient (Wildman–Crippen LogP) is 2.60. The average molecular weight is 183 g/mol. The van der Waals surface area contributed by atoms with Crippen LogP contribution in [0, 0.1) is 6.92 Å². The quantitative estimate of drug-likeness (QED) is 0.756. The maximum atomic E-state index is 3.42. The van der Waals surface area contributed by atoms with Crippen molar-refractivity contribution in [2.75, 3.05) is 6.54 Å². The summed E-state index contributed by atoms with van der Waals surface area (Å²) in [5.41, 5.74) is 1.49. The van der Waals surface area contributed by atoms with Gasteiger partial charge in [0.25, 0.3) is 0 Å². The topological polar surface area (TPSA) is 12.0 Å². The first-order valence-electron chi connectivity index (χ1n) is 4.46. The van der Waals surface area contributed by atoms with Crippen molar-refractivity contribution in [3.05, 3.63) is 21.9 Å². The molecule has 0 saturated carbocycles. The van der Waals surface area contributed by atoms with Gasteiger partial charge in [-0.1, -0.05) is 13.8 Å². The van der Waals surface area contributed by atoms with E-state index in [0.29, 0.717) is 6.04 Å². The van der Waals surface area contributed by atoms with Crippen molar-refractivity contribution >= 4 is 11.3 Å². The van der Waals surface area contributed by atoms with E-state index in [0.717, 1.165) is 13.0 Å². The summed E-state index contributed by atoms with van der Waals surface area (Å²) in [5.74, 6) is 0. The molecule has 2 heteroatoms. The second-order valence-electron chi connectivity index (χ2n) is 3.36. The van der Waals surface area contributed by atoms with Crippen LogP contribution in [0.2, 0.25) is 0 Å². The second kappa shape index (κ2) is 4.63. The summed E-state index contributed by atoms with van der Waals surface area (Å²) in [7, 11) is 0. The molecule has 1 rings (SSSR count). The fourth-order valence-corrected chi connectivity index (χ4v) is 1.92. The lowest BCUT2D eigenvalue weighted by atomic mass is 10.2. The van der Waals surface area contributed by atoms with Crippen LogP contribution in [0.25, 0.3) is 0 Å². The first kappa shape index (κ1) is 9.75. The Morgan fingerprint density at radius 1 is 1.50 bits per heavy atom. The van der Waals surface area contributed by atoms with E-state index in [9.17, 15) is 0 Å². The smallest absolute Gasteiger partial charge is 0.00466 e. The minimum absolute atomic E-state index is 0.601. The standard InChI is InChI=1S/C10H17NS/c1-8(2)11-6-4-10-5-7-12-9(10)3/h5,7-8,11H,4,6H2,1-3H3. The number of thiophene rings is 1. The Morgan fingerprint density at radius 3 is 2.75 bits per heavy atom. The Labute approximate surface area is 78.8 Å². The Morgan fingerprint density at radius 2 is 2.25 bits per heavy atom. The summed E-state index contributed by atoms with van der Waals surface area (Å²) in [6, 6.07) is 2.83. The summed E-state index contributed by atoms with van der Waals surface area (Å²) >= 11 is 1.84. The van der Waals surface area contributed by atoms with Crippen molar-refractivity contribution in [1.82, 2.24) is 5.32 Å². The maximum Gasteiger partial charge on any atom is 0.00466 e. The van der Waals surface area contributed by atoms with Crippen LogP contribution in [0.5, 0.6) is 0 Å². The van der Waals surface area contributed by atoms with E-state index < -0.39 is 0 Å². The lowest BCUT2D eigenvalue weighted by Crippen LogP contribution is -2.24. The maximum absolute atomic E-state index is 3.42. The Hall–Kier alpha value is -0.340. The Bertz CT molecular complexity index is 227. The molecule has 0 aliphatic rings. The van der Waals surface area contributed by atoms with Crippen LogP contribution in [-0.4, -0.2) is 12.6 Å². The van der Waals surface area contributed by atoms with E-state index in [2.05, 4.69) is 37.5 Å². The van der Waals surface area contributed by atoms with Gasteiger partial charge in [-0.2, -0.15) is 0 Å². The van der Waals surface area contributed by atoms with E-state index in [4.69, 9.17) is 0 Å². The molecule has 0 aliphatic carbocycles. The zero-order valence-corrected chi connectivity index (χ0v) is 8.87. The van der Waals surface area contributed by atoms with Crippen molar-refractivity contribution < 1.29 is 0 Å². The number of hydrogen-bond acceptors (Lipinski definition) is 2. The van der Waals surface area contributed by atoms with Gasteiger partial charge in [0, 0.05) is 10.9 Å². The van der Waals surface area contributed by atoms with Crippen molar-refractivity contribution in [3.8, 4) is 0 Å². The summed E-state index contributed by atoms with van der Waals surface area (Å²) in [4.78, 5) is 1.46. The molecule has 1 aromatic heterocycles. The second-order valence-corrected chi connectivity index (χ2v) is 4.48. The van der Waals surface area contributed by atoms with Crippen molar-refractivity contribution in [1.29, 1.82) is 0 Å². The van der Waals surface area contributed by atoms with Gasteiger partial charge in [-0.3, -0.25) is 0 Å². The van der Waals surface area contributed by atoms with Crippen LogP contribution >= 0.6 is 11.3 Å². The molecule has 0 bridgehead atoms. The van der Waals surface area contributed by atoms with Crippen LogP contribution in [0.1, 0.15) is 24.3 Å². The first-order valence-corrected chi connectivity index (χ1v) is 5.34. The normalized spacial score (nSPS) is 11.0. The SMILES string of the molecule is Cc1sccc1CCNC(C)C. The third-order valence-electron chi connectivity index (χ3n) is 1.91. The number of rotatable bonds is 4. The van der Waals surface area contributed by atoms with Crippen LogP contribution in [0.4, 0.5) is 0 Å². The Kier molecular flexibility index (Phi) is 3.76. The molecular formula is C10H17NS. The zero-order chi connectivity index (χ0) is 8.97. The van der Waals surface area contributed by atoms with Gasteiger partial charge in [-0.15, -0.1) is 11.3 Å². The van der Waals surface area contributed by atoms with Crippen LogP contribution in [0.15, 0.2) is 11.4 Å². The van der Waals surface area contributed by atoms with Gasteiger partial charge in [0.2, 0.25) is 0 Å². The minimum atomic E-state index is 0.601. The van der Waals surface area contributed by atoms with Gasteiger partial charge >= 0.3 is 0 Å². The molecule has 0 aromatic carbocycles. The largest absolute Gasteiger partial charge is 0.314 e. The van der Waals surface area contributed by atoms with Gasteiger partial charge in [0.1, 0.15) is 0 Å². The van der Waals surface area contributed by atoms with Crippen LogP contribution in [-0.2, 0) is 6.42 Å². The van der Waals surface area contributed by atoms with E-state index in [1.807, 2.05) is 11.3 Å². The van der Waals surface area contributed by atoms with Gasteiger partial charge < -0.3 is 5.32 Å². The predicted molar refractivity (Wildman–Crippen MR) is 55.9 cm³/mol. The average Bonchev–Trinajstić information content (AvgIpc) is 2.36. The molecule has 68 valence electrons. The molecule has 1 nitrogen and oxygen atoms in total. The Balaban J connectivity index is 2.29. The zero-order valence-electron chi connectivity index (χ0n) is 8.05. The summed E-state index contributed by atoms with van der Waals surface area (Å²) < 4.78 is 0. The van der Waals surface area contributed by atoms with Crippen LogP contribution < -0.4 is 5.32 Å². The molecular weight excluding hydrogens is 166 g/mol. The summed E-state index contributed by atoms with van der Waals surface area (Å²) in [6.45, 7) is 7.64. The lowest BCUT2D eigenvalue weighted by Gasteiger charge is -2.06. The highest BCUT2D eigenvalue weighted by Gasteiger charge is 1.98. The van der Waals surface area contributed by atoms with Gasteiger partial charge in [0.15, 0.2) is 0 Å². The van der Waals surface area contributed by atoms with Crippen molar-refractivity contribution in [3.63, 3.8) is 0 Å². The molecule has 0 amide bonds. The van der Waals surface area contributed by atoms with Crippen molar-refractivity contribution in [2.24, 2.45) is 0 Å². The van der Waals surface area contributed by atoms with E-state index >= 15 is 0 Å². The van der Waals surface area contributed by atoms with Gasteiger partial charge in [-0.25, -0.2) is 0 Å². The lowest BCUT2D eigenvalue weighted by molar-refractivity contribution is 0.590. The fourth-order valence-electron chi connectivity index (χ4n) is 1.17. The molecule has 0 unspecified atom stereocenters. The molecule has 0 atom stereocenters. The monoisotopic (exact) mass is 183 g/mol. The molecule has 0 aliphatic heterocycles. The molecule has 0 fully saturated rings. The third-order valence-corrected chi connectivity index (χ3v) is 2.80. The summed E-state index contributed by atoms with van der Waals surface area (Å²) in [5, 5.41) is 5.58. The van der Waals surface area contributed by atoms with Crippen molar-refractivity contribution in [2.45, 2.75) is 33.2 Å². The first-order chi connectivity index (χ1) is 5.70. The van der Waals surface area contributed by atoms with Gasteiger partial charge in [-0.05, 0) is 36.9 Å². The van der Waals surface area contributed by atoms with E-state index in [-0.39, 0.29) is 0 Å². The highest BCUT2D eigenvalue weighted by atomic mass is 32.1. The summed E-state index contributed by atoms with van der Waals surface area (Å²) in [6.07, 6.45) is 1.16. The highest BCUT2D eigenvalue weighted by molar-refractivity contribution is 7.10.